The van der Waals surface area contributed by atoms with Crippen LogP contribution in [0.25, 0.3) is 0 Å². The molecule has 0 aromatic carbocycles. The average molecular weight is 213 g/mol. The quantitative estimate of drug-likeness (QED) is 0.783. The highest BCUT2D eigenvalue weighted by atomic mass is 32.1. The van der Waals surface area contributed by atoms with Gasteiger partial charge in [0, 0.05) is 6.54 Å². The third-order valence-electron chi connectivity index (χ3n) is 2.10. The lowest BCUT2D eigenvalue weighted by Crippen LogP contribution is -2.47. The molecule has 0 bridgehead atoms. The summed E-state index contributed by atoms with van der Waals surface area (Å²) in [6.07, 6.45) is 0.875. The van der Waals surface area contributed by atoms with Gasteiger partial charge in [-0.15, -0.1) is 0 Å². The predicted octanol–water partition coefficient (Wildman–Crippen LogP) is 1.74. The fourth-order valence-corrected chi connectivity index (χ4v) is 1.73. The Morgan fingerprint density at radius 2 is 2.36 bits per heavy atom. The van der Waals surface area contributed by atoms with Crippen LogP contribution in [-0.4, -0.2) is 23.2 Å². The van der Waals surface area contributed by atoms with Gasteiger partial charge in [-0.2, -0.15) is 11.3 Å². The molecule has 2 N–H and O–H groups in total. The molecule has 3 nitrogen and oxygen atoms in total. The Kier molecular flexibility index (Phi) is 3.66. The number of nitrogens with one attached hydrogen (secondary N) is 1. The Labute approximate surface area is 87.8 Å². The number of hydrogen-bond donors (Lipinski definition) is 2. The molecule has 0 saturated heterocycles. The van der Waals surface area contributed by atoms with E-state index in [0.29, 0.717) is 6.54 Å². The van der Waals surface area contributed by atoms with Gasteiger partial charge in [-0.25, -0.2) is 0 Å². The lowest BCUT2D eigenvalue weighted by molar-refractivity contribution is -0.143. The summed E-state index contributed by atoms with van der Waals surface area (Å²) in [6.45, 7) is 4.03. The molecule has 14 heavy (non-hydrogen) atoms. The van der Waals surface area contributed by atoms with Gasteiger partial charge in [-0.05, 0) is 42.7 Å². The van der Waals surface area contributed by atoms with Crippen LogP contribution in [-0.2, 0) is 11.2 Å². The standard InChI is InChI=1S/C10H15NO2S/c1-10(2,9(12)13)11-5-3-8-4-6-14-7-8/h4,6-7,11H,3,5H2,1-2H3,(H,12,13). The molecule has 0 fully saturated rings. The lowest BCUT2D eigenvalue weighted by atomic mass is 10.1. The Bertz CT molecular complexity index is 293. The first-order valence-corrected chi connectivity index (χ1v) is 5.46. The molecule has 0 aliphatic carbocycles. The van der Waals surface area contributed by atoms with Crippen molar-refractivity contribution in [1.29, 1.82) is 0 Å². The van der Waals surface area contributed by atoms with Gasteiger partial charge < -0.3 is 10.4 Å². The van der Waals surface area contributed by atoms with Crippen molar-refractivity contribution in [1.82, 2.24) is 5.32 Å². The van der Waals surface area contributed by atoms with E-state index in [9.17, 15) is 4.79 Å². The second-order valence-corrected chi connectivity index (χ2v) is 4.52. The summed E-state index contributed by atoms with van der Waals surface area (Å²) < 4.78 is 0. The van der Waals surface area contributed by atoms with Gasteiger partial charge in [0.1, 0.15) is 5.54 Å². The Morgan fingerprint density at radius 3 is 2.86 bits per heavy atom. The van der Waals surface area contributed by atoms with Crippen LogP contribution in [0.4, 0.5) is 0 Å². The molecule has 0 unspecified atom stereocenters. The van der Waals surface area contributed by atoms with E-state index in [1.54, 1.807) is 25.2 Å². The van der Waals surface area contributed by atoms with E-state index in [1.807, 2.05) is 5.38 Å². The van der Waals surface area contributed by atoms with Crippen molar-refractivity contribution >= 4 is 17.3 Å². The number of aliphatic carboxylic acids is 1. The largest absolute Gasteiger partial charge is 0.480 e. The second-order valence-electron chi connectivity index (χ2n) is 3.74. The maximum Gasteiger partial charge on any atom is 0.323 e. The zero-order valence-corrected chi connectivity index (χ0v) is 9.23. The summed E-state index contributed by atoms with van der Waals surface area (Å²) in [7, 11) is 0. The highest BCUT2D eigenvalue weighted by molar-refractivity contribution is 7.07. The van der Waals surface area contributed by atoms with Crippen molar-refractivity contribution in [3.05, 3.63) is 22.4 Å². The highest BCUT2D eigenvalue weighted by Crippen LogP contribution is 2.07. The van der Waals surface area contributed by atoms with Crippen molar-refractivity contribution in [2.45, 2.75) is 25.8 Å². The molecule has 0 amide bonds. The van der Waals surface area contributed by atoms with Gasteiger partial charge in [0.05, 0.1) is 0 Å². The number of thiophene rings is 1. The van der Waals surface area contributed by atoms with Crippen LogP contribution in [0.15, 0.2) is 16.8 Å². The van der Waals surface area contributed by atoms with Crippen LogP contribution in [0.5, 0.6) is 0 Å². The maximum atomic E-state index is 10.8. The van der Waals surface area contributed by atoms with Gasteiger partial charge in [-0.3, -0.25) is 4.79 Å². The van der Waals surface area contributed by atoms with E-state index >= 15 is 0 Å². The second kappa shape index (κ2) is 4.57. The van der Waals surface area contributed by atoms with E-state index in [-0.39, 0.29) is 0 Å². The molecule has 4 heteroatoms. The summed E-state index contributed by atoms with van der Waals surface area (Å²) >= 11 is 1.66. The average Bonchev–Trinajstić information content (AvgIpc) is 2.56. The van der Waals surface area contributed by atoms with Crippen molar-refractivity contribution in [2.75, 3.05) is 6.54 Å². The highest BCUT2D eigenvalue weighted by Gasteiger charge is 2.25. The molecule has 78 valence electrons. The van der Waals surface area contributed by atoms with Gasteiger partial charge in [0.15, 0.2) is 0 Å². The monoisotopic (exact) mass is 213 g/mol. The van der Waals surface area contributed by atoms with Crippen LogP contribution >= 0.6 is 11.3 Å². The lowest BCUT2D eigenvalue weighted by Gasteiger charge is -2.20. The first-order chi connectivity index (χ1) is 6.52. The zero-order valence-electron chi connectivity index (χ0n) is 8.41. The summed E-state index contributed by atoms with van der Waals surface area (Å²) in [6, 6.07) is 2.06. The van der Waals surface area contributed by atoms with Crippen molar-refractivity contribution in [3.8, 4) is 0 Å². The number of hydrogen-bond acceptors (Lipinski definition) is 3. The van der Waals surface area contributed by atoms with Gasteiger partial charge in [0.2, 0.25) is 0 Å². The van der Waals surface area contributed by atoms with Gasteiger partial charge >= 0.3 is 5.97 Å². The molecule has 1 aromatic rings. The molecule has 1 rings (SSSR count). The fraction of sp³-hybridized carbons (Fsp3) is 0.500. The molecule has 0 aliphatic heterocycles. The topological polar surface area (TPSA) is 49.3 Å². The smallest absolute Gasteiger partial charge is 0.323 e. The molecule has 1 heterocycles. The van der Waals surface area contributed by atoms with Crippen LogP contribution in [0.2, 0.25) is 0 Å². The maximum absolute atomic E-state index is 10.8. The Hall–Kier alpha value is -0.870. The van der Waals surface area contributed by atoms with Gasteiger partial charge in [-0.1, -0.05) is 0 Å². The van der Waals surface area contributed by atoms with Crippen molar-refractivity contribution in [3.63, 3.8) is 0 Å². The van der Waals surface area contributed by atoms with E-state index in [1.165, 1.54) is 5.56 Å². The van der Waals surface area contributed by atoms with E-state index in [2.05, 4.69) is 16.8 Å². The minimum atomic E-state index is -0.837. The molecule has 0 aliphatic rings. The molecular weight excluding hydrogens is 198 g/mol. The molecule has 1 aromatic heterocycles. The van der Waals surface area contributed by atoms with Crippen LogP contribution in [0.3, 0.4) is 0 Å². The normalized spacial score (nSPS) is 11.6. The number of carboxylic acids is 1. The van der Waals surface area contributed by atoms with E-state index < -0.39 is 11.5 Å². The molecule has 0 atom stereocenters. The van der Waals surface area contributed by atoms with Crippen LogP contribution in [0.1, 0.15) is 19.4 Å². The number of rotatable bonds is 5. The predicted molar refractivity (Wildman–Crippen MR) is 57.7 cm³/mol. The zero-order chi connectivity index (χ0) is 10.6. The Balaban J connectivity index is 2.31. The molecule has 0 radical (unpaired) electrons. The minimum Gasteiger partial charge on any atom is -0.480 e. The minimum absolute atomic E-state index is 0.691. The number of carboxylic acid groups (broad SMARTS) is 1. The van der Waals surface area contributed by atoms with E-state index in [4.69, 9.17) is 5.11 Å². The summed E-state index contributed by atoms with van der Waals surface area (Å²) in [5.74, 6) is -0.817. The van der Waals surface area contributed by atoms with Crippen molar-refractivity contribution in [2.24, 2.45) is 0 Å². The molecular formula is C10H15NO2S. The van der Waals surface area contributed by atoms with Crippen LogP contribution in [0, 0.1) is 0 Å². The summed E-state index contributed by atoms with van der Waals surface area (Å²) in [4.78, 5) is 10.8. The molecule has 0 spiro atoms. The first kappa shape index (κ1) is 11.2. The number of carbonyl (C=O) groups is 1. The SMILES string of the molecule is CC(C)(NCCc1ccsc1)C(=O)O. The third kappa shape index (κ3) is 3.12. The van der Waals surface area contributed by atoms with E-state index in [0.717, 1.165) is 6.42 Å². The first-order valence-electron chi connectivity index (χ1n) is 4.52. The Morgan fingerprint density at radius 1 is 1.64 bits per heavy atom. The summed E-state index contributed by atoms with van der Waals surface area (Å²) in [5, 5.41) is 15.9. The van der Waals surface area contributed by atoms with Crippen molar-refractivity contribution < 1.29 is 9.90 Å². The molecule has 0 saturated carbocycles. The van der Waals surface area contributed by atoms with Crippen LogP contribution < -0.4 is 5.32 Å². The van der Waals surface area contributed by atoms with Gasteiger partial charge in [0.25, 0.3) is 0 Å². The fourth-order valence-electron chi connectivity index (χ4n) is 1.03. The summed E-state index contributed by atoms with van der Waals surface area (Å²) in [5.41, 5.74) is 0.416. The third-order valence-corrected chi connectivity index (χ3v) is 2.83.